The van der Waals surface area contributed by atoms with Crippen LogP contribution >= 0.6 is 0 Å². The molecule has 4 atom stereocenters. The molecule has 0 aromatic heterocycles. The summed E-state index contributed by atoms with van der Waals surface area (Å²) in [5.41, 5.74) is 0.683. The fraction of sp³-hybridized carbons (Fsp3) is 0.625. The lowest BCUT2D eigenvalue weighted by molar-refractivity contribution is -0.157. The van der Waals surface area contributed by atoms with Crippen molar-refractivity contribution in [1.82, 2.24) is 4.90 Å². The first-order chi connectivity index (χ1) is 14.0. The van der Waals surface area contributed by atoms with Gasteiger partial charge in [0, 0.05) is 37.3 Å². The summed E-state index contributed by atoms with van der Waals surface area (Å²) < 4.78 is 4.98. The molecule has 0 spiro atoms. The van der Waals surface area contributed by atoms with Gasteiger partial charge in [-0.3, -0.25) is 14.5 Å². The number of piperidine rings is 1. The van der Waals surface area contributed by atoms with Crippen LogP contribution in [0.1, 0.15) is 57.4 Å². The van der Waals surface area contributed by atoms with E-state index in [1.54, 1.807) is 0 Å². The molecule has 2 aliphatic rings. The number of ether oxygens (including phenoxy) is 1. The van der Waals surface area contributed by atoms with Gasteiger partial charge in [0.1, 0.15) is 12.1 Å². The van der Waals surface area contributed by atoms with E-state index in [4.69, 9.17) is 4.74 Å². The molecule has 1 saturated carbocycles. The molecule has 3 rings (SSSR count). The van der Waals surface area contributed by atoms with Crippen molar-refractivity contribution in [2.45, 2.75) is 64.5 Å². The van der Waals surface area contributed by atoms with Gasteiger partial charge in [0.25, 0.3) is 0 Å². The fourth-order valence-electron chi connectivity index (χ4n) is 5.76. The monoisotopic (exact) mass is 399 g/mol. The summed E-state index contributed by atoms with van der Waals surface area (Å²) in [6, 6.07) is 10.5. The van der Waals surface area contributed by atoms with Crippen LogP contribution in [0.15, 0.2) is 30.3 Å². The summed E-state index contributed by atoms with van der Waals surface area (Å²) in [5, 5.41) is 0. The molecule has 1 aliphatic heterocycles. The lowest BCUT2D eigenvalue weighted by atomic mass is 9.54. The Morgan fingerprint density at radius 1 is 1.24 bits per heavy atom. The Hall–Kier alpha value is -2.01. The maximum Gasteiger partial charge on any atom is 0.305 e. The third-order valence-electron chi connectivity index (χ3n) is 6.99. The van der Waals surface area contributed by atoms with Crippen molar-refractivity contribution in [2.24, 2.45) is 17.3 Å². The smallest absolute Gasteiger partial charge is 0.305 e. The Bertz CT molecular complexity index is 719. The largest absolute Gasteiger partial charge is 0.469 e. The lowest BCUT2D eigenvalue weighted by Gasteiger charge is -2.57. The van der Waals surface area contributed by atoms with Crippen LogP contribution in [-0.4, -0.2) is 42.6 Å². The van der Waals surface area contributed by atoms with Crippen LogP contribution in [0.2, 0.25) is 0 Å². The number of methoxy groups -OCH3 is 1. The van der Waals surface area contributed by atoms with E-state index in [9.17, 15) is 14.4 Å². The van der Waals surface area contributed by atoms with Crippen LogP contribution < -0.4 is 0 Å². The maximum absolute atomic E-state index is 13.6. The molecule has 0 N–H and O–H groups in total. The molecule has 1 aromatic rings. The second-order valence-corrected chi connectivity index (χ2v) is 8.80. The van der Waals surface area contributed by atoms with Crippen LogP contribution in [0, 0.1) is 17.3 Å². The van der Waals surface area contributed by atoms with E-state index in [1.807, 2.05) is 18.2 Å². The van der Waals surface area contributed by atoms with Gasteiger partial charge in [0.2, 0.25) is 0 Å². The minimum atomic E-state index is -0.559. The highest BCUT2D eigenvalue weighted by Crippen LogP contribution is 2.54. The number of benzene rings is 1. The molecule has 5 heteroatoms. The topological polar surface area (TPSA) is 63.7 Å². The number of ketones is 1. The van der Waals surface area contributed by atoms with Gasteiger partial charge < -0.3 is 9.53 Å². The molecule has 5 nitrogen and oxygen atoms in total. The fourth-order valence-corrected chi connectivity index (χ4v) is 5.76. The second-order valence-electron chi connectivity index (χ2n) is 8.80. The molecule has 29 heavy (non-hydrogen) atoms. The Kier molecular flexibility index (Phi) is 7.23. The molecular weight excluding hydrogens is 366 g/mol. The quantitative estimate of drug-likeness (QED) is 0.491. The molecule has 1 heterocycles. The Balaban J connectivity index is 1.96. The van der Waals surface area contributed by atoms with Gasteiger partial charge in [-0.05, 0) is 49.6 Å². The van der Waals surface area contributed by atoms with E-state index < -0.39 is 5.41 Å². The van der Waals surface area contributed by atoms with Gasteiger partial charge >= 0.3 is 5.97 Å². The molecule has 0 bridgehead atoms. The summed E-state index contributed by atoms with van der Waals surface area (Å²) in [4.78, 5) is 39.2. The van der Waals surface area contributed by atoms with Crippen molar-refractivity contribution in [1.29, 1.82) is 0 Å². The zero-order valence-corrected chi connectivity index (χ0v) is 17.6. The maximum atomic E-state index is 13.6. The minimum absolute atomic E-state index is 0.0265. The third-order valence-corrected chi connectivity index (χ3v) is 6.99. The SMILES string of the molecule is COC(=O)CC1CC(C)CC2N(Cc3ccccc3)CCCC12C(=O)CCC=O. The predicted octanol–water partition coefficient (Wildman–Crippen LogP) is 3.79. The zero-order chi connectivity index (χ0) is 20.9. The van der Waals surface area contributed by atoms with Crippen molar-refractivity contribution in [3.63, 3.8) is 0 Å². The minimum Gasteiger partial charge on any atom is -0.469 e. The number of hydrogen-bond donors (Lipinski definition) is 0. The summed E-state index contributed by atoms with van der Waals surface area (Å²) in [6.07, 6.45) is 5.18. The van der Waals surface area contributed by atoms with Gasteiger partial charge in [-0.15, -0.1) is 0 Å². The molecule has 0 radical (unpaired) electrons. The van der Waals surface area contributed by atoms with E-state index in [-0.39, 0.29) is 43.0 Å². The summed E-state index contributed by atoms with van der Waals surface area (Å²) in [6.45, 7) is 3.99. The number of carbonyl (C=O) groups is 3. The van der Waals surface area contributed by atoms with E-state index in [1.165, 1.54) is 12.7 Å². The van der Waals surface area contributed by atoms with Gasteiger partial charge in [0.15, 0.2) is 0 Å². The van der Waals surface area contributed by atoms with Crippen molar-refractivity contribution < 1.29 is 19.1 Å². The average molecular weight is 400 g/mol. The van der Waals surface area contributed by atoms with Crippen LogP contribution in [0.4, 0.5) is 0 Å². The molecule has 1 aliphatic carbocycles. The first-order valence-corrected chi connectivity index (χ1v) is 10.8. The number of aldehydes is 1. The first kappa shape index (κ1) is 21.7. The Morgan fingerprint density at radius 3 is 2.69 bits per heavy atom. The molecule has 158 valence electrons. The number of fused-ring (bicyclic) bond motifs is 1. The second kappa shape index (κ2) is 9.66. The van der Waals surface area contributed by atoms with Gasteiger partial charge in [-0.25, -0.2) is 0 Å². The molecule has 2 fully saturated rings. The summed E-state index contributed by atoms with van der Waals surface area (Å²) >= 11 is 0. The Labute approximate surface area is 173 Å². The predicted molar refractivity (Wildman–Crippen MR) is 111 cm³/mol. The lowest BCUT2D eigenvalue weighted by Crippen LogP contribution is -2.62. The van der Waals surface area contributed by atoms with Gasteiger partial charge in [-0.2, -0.15) is 0 Å². The highest BCUT2D eigenvalue weighted by molar-refractivity contribution is 5.88. The van der Waals surface area contributed by atoms with Crippen molar-refractivity contribution in [2.75, 3.05) is 13.7 Å². The van der Waals surface area contributed by atoms with Crippen molar-refractivity contribution >= 4 is 18.0 Å². The normalized spacial score (nSPS) is 29.7. The Morgan fingerprint density at radius 2 is 2.00 bits per heavy atom. The molecule has 1 aromatic carbocycles. The summed E-state index contributed by atoms with van der Waals surface area (Å²) in [5.74, 6) is 0.332. The number of carbonyl (C=O) groups excluding carboxylic acids is 3. The third kappa shape index (κ3) is 4.61. The number of hydrogen-bond acceptors (Lipinski definition) is 5. The molecule has 4 unspecified atom stereocenters. The van der Waals surface area contributed by atoms with Crippen molar-refractivity contribution in [3.05, 3.63) is 35.9 Å². The summed E-state index contributed by atoms with van der Waals surface area (Å²) in [7, 11) is 1.41. The highest BCUT2D eigenvalue weighted by Gasteiger charge is 2.57. The van der Waals surface area contributed by atoms with Crippen LogP contribution in [0.25, 0.3) is 0 Å². The number of likely N-dealkylation sites (tertiary alicyclic amines) is 1. The average Bonchev–Trinajstić information content (AvgIpc) is 2.73. The first-order valence-electron chi connectivity index (χ1n) is 10.8. The van der Waals surface area contributed by atoms with Crippen LogP contribution in [0.3, 0.4) is 0 Å². The molecular formula is C24H33NO4. The molecule has 0 amide bonds. The molecule has 1 saturated heterocycles. The highest BCUT2D eigenvalue weighted by atomic mass is 16.5. The van der Waals surface area contributed by atoms with E-state index >= 15 is 0 Å². The van der Waals surface area contributed by atoms with Crippen LogP contribution in [0.5, 0.6) is 0 Å². The number of nitrogens with zero attached hydrogens (tertiary/aromatic N) is 1. The van der Waals surface area contributed by atoms with Crippen molar-refractivity contribution in [3.8, 4) is 0 Å². The zero-order valence-electron chi connectivity index (χ0n) is 17.6. The van der Waals surface area contributed by atoms with E-state index in [2.05, 4.69) is 24.0 Å². The van der Waals surface area contributed by atoms with Gasteiger partial charge in [0.05, 0.1) is 7.11 Å². The number of esters is 1. The van der Waals surface area contributed by atoms with E-state index in [0.29, 0.717) is 5.92 Å². The van der Waals surface area contributed by atoms with Gasteiger partial charge in [-0.1, -0.05) is 37.3 Å². The van der Waals surface area contributed by atoms with E-state index in [0.717, 1.165) is 45.1 Å². The standard InChI is InChI=1S/C24H33NO4/c1-18-14-20(16-23(28)29-2)24(22(27)10-6-13-26)11-7-12-25(21(24)15-18)17-19-8-4-3-5-9-19/h3-5,8-9,13,18,20-21H,6-7,10-12,14-17H2,1-2H3. The van der Waals surface area contributed by atoms with Crippen LogP contribution in [-0.2, 0) is 25.7 Å². The number of Topliss-reactive ketones (excluding diaryl/α,β-unsaturated/α-hetero) is 1. The number of rotatable bonds is 8.